The molecule has 0 bridgehead atoms. The third kappa shape index (κ3) is 2.78. The van der Waals surface area contributed by atoms with Crippen LogP contribution in [0, 0.1) is 5.92 Å². The van der Waals surface area contributed by atoms with Gasteiger partial charge in [-0.05, 0) is 12.0 Å². The van der Waals surface area contributed by atoms with Crippen molar-refractivity contribution >= 4 is 28.3 Å². The number of carbonyl (C=O) groups excluding carboxylic acids is 1. The zero-order valence-corrected chi connectivity index (χ0v) is 12.3. The smallest absolute Gasteiger partial charge is 0.274 e. The zero-order valence-electron chi connectivity index (χ0n) is 11.5. The first-order valence-electron chi connectivity index (χ1n) is 6.97. The van der Waals surface area contributed by atoms with Crippen LogP contribution >= 0.6 is 11.6 Å². The van der Waals surface area contributed by atoms with Crippen molar-refractivity contribution in [2.75, 3.05) is 19.0 Å². The molecule has 1 saturated heterocycles. The predicted octanol–water partition coefficient (Wildman–Crippen LogP) is 1.48. The lowest BCUT2D eigenvalue weighted by molar-refractivity contribution is -0.127. The van der Waals surface area contributed by atoms with Crippen LogP contribution in [-0.4, -0.2) is 39.6 Å². The van der Waals surface area contributed by atoms with Gasteiger partial charge >= 0.3 is 0 Å². The van der Waals surface area contributed by atoms with Crippen LogP contribution in [0.5, 0.6) is 0 Å². The van der Waals surface area contributed by atoms with E-state index >= 15 is 0 Å². The lowest BCUT2D eigenvalue weighted by Gasteiger charge is -2.16. The van der Waals surface area contributed by atoms with E-state index in [1.807, 2.05) is 18.2 Å². The van der Waals surface area contributed by atoms with E-state index in [4.69, 9.17) is 11.6 Å². The molecule has 1 atom stereocenters. The van der Waals surface area contributed by atoms with Gasteiger partial charge in [-0.25, -0.2) is 4.68 Å². The number of alkyl halides is 1. The standard InChI is InChI=1S/C15H16ClN3O2/c16-8-11-7-14(20)18(10-11)5-6-19-15(21)13-4-2-1-3-12(13)9-17-19/h1-4,9,11H,5-8,10H2. The van der Waals surface area contributed by atoms with Crippen molar-refractivity contribution in [2.24, 2.45) is 5.92 Å². The number of hydrogen-bond acceptors (Lipinski definition) is 3. The molecule has 5 nitrogen and oxygen atoms in total. The summed E-state index contributed by atoms with van der Waals surface area (Å²) in [5.74, 6) is 0.825. The maximum absolute atomic E-state index is 12.3. The fourth-order valence-electron chi connectivity index (χ4n) is 2.68. The molecule has 0 saturated carbocycles. The second-order valence-corrected chi connectivity index (χ2v) is 5.63. The molecule has 1 aliphatic rings. The molecule has 0 aliphatic carbocycles. The molecule has 0 radical (unpaired) electrons. The number of rotatable bonds is 4. The van der Waals surface area contributed by atoms with Crippen LogP contribution < -0.4 is 5.56 Å². The quantitative estimate of drug-likeness (QED) is 0.804. The highest BCUT2D eigenvalue weighted by atomic mass is 35.5. The van der Waals surface area contributed by atoms with E-state index < -0.39 is 0 Å². The SMILES string of the molecule is O=C1CC(CCl)CN1CCn1ncc2ccccc2c1=O. The van der Waals surface area contributed by atoms with Gasteiger partial charge in [-0.2, -0.15) is 5.10 Å². The van der Waals surface area contributed by atoms with Gasteiger partial charge in [-0.3, -0.25) is 9.59 Å². The minimum atomic E-state index is -0.117. The number of halogens is 1. The molecule has 1 amide bonds. The van der Waals surface area contributed by atoms with E-state index in [0.29, 0.717) is 37.3 Å². The van der Waals surface area contributed by atoms with Crippen molar-refractivity contribution in [3.63, 3.8) is 0 Å². The Hall–Kier alpha value is -1.88. The third-order valence-corrected chi connectivity index (χ3v) is 4.29. The highest BCUT2D eigenvalue weighted by molar-refractivity contribution is 6.18. The molecule has 2 aromatic rings. The van der Waals surface area contributed by atoms with Gasteiger partial charge in [0.15, 0.2) is 0 Å². The predicted molar refractivity (Wildman–Crippen MR) is 81.4 cm³/mol. The number of amides is 1. The number of hydrogen-bond donors (Lipinski definition) is 0. The number of likely N-dealkylation sites (tertiary alicyclic amines) is 1. The summed E-state index contributed by atoms with van der Waals surface area (Å²) < 4.78 is 1.42. The molecule has 1 aliphatic heterocycles. The zero-order chi connectivity index (χ0) is 14.8. The van der Waals surface area contributed by atoms with E-state index in [1.165, 1.54) is 4.68 Å². The summed E-state index contributed by atoms with van der Waals surface area (Å²) in [7, 11) is 0. The summed E-state index contributed by atoms with van der Waals surface area (Å²) in [5.41, 5.74) is -0.117. The molecule has 110 valence electrons. The Morgan fingerprint density at radius 1 is 1.24 bits per heavy atom. The highest BCUT2D eigenvalue weighted by Crippen LogP contribution is 2.18. The first-order chi connectivity index (χ1) is 10.2. The van der Waals surface area contributed by atoms with Crippen LogP contribution in [0.1, 0.15) is 6.42 Å². The van der Waals surface area contributed by atoms with Crippen LogP contribution in [0.3, 0.4) is 0 Å². The Morgan fingerprint density at radius 3 is 2.81 bits per heavy atom. The maximum Gasteiger partial charge on any atom is 0.274 e. The van der Waals surface area contributed by atoms with Crippen molar-refractivity contribution in [2.45, 2.75) is 13.0 Å². The second-order valence-electron chi connectivity index (χ2n) is 5.32. The van der Waals surface area contributed by atoms with Crippen LogP contribution in [0.4, 0.5) is 0 Å². The Bertz CT molecular complexity index is 728. The van der Waals surface area contributed by atoms with Crippen molar-refractivity contribution < 1.29 is 4.79 Å². The van der Waals surface area contributed by atoms with E-state index in [-0.39, 0.29) is 17.4 Å². The lowest BCUT2D eigenvalue weighted by atomic mass is 10.1. The van der Waals surface area contributed by atoms with Crippen molar-refractivity contribution in [1.29, 1.82) is 0 Å². The molecule has 1 unspecified atom stereocenters. The van der Waals surface area contributed by atoms with Crippen LogP contribution in [-0.2, 0) is 11.3 Å². The van der Waals surface area contributed by atoms with Crippen LogP contribution in [0.15, 0.2) is 35.3 Å². The van der Waals surface area contributed by atoms with Crippen molar-refractivity contribution in [3.8, 4) is 0 Å². The van der Waals surface area contributed by atoms with E-state index in [9.17, 15) is 9.59 Å². The molecule has 3 rings (SSSR count). The second kappa shape index (κ2) is 5.85. The molecule has 2 heterocycles. The summed E-state index contributed by atoms with van der Waals surface area (Å²) in [6.07, 6.45) is 2.19. The molecule has 21 heavy (non-hydrogen) atoms. The monoisotopic (exact) mass is 305 g/mol. The summed E-state index contributed by atoms with van der Waals surface area (Å²) in [4.78, 5) is 25.9. The van der Waals surface area contributed by atoms with Crippen LogP contribution in [0.2, 0.25) is 0 Å². The summed E-state index contributed by atoms with van der Waals surface area (Å²) in [6, 6.07) is 7.37. The highest BCUT2D eigenvalue weighted by Gasteiger charge is 2.28. The minimum absolute atomic E-state index is 0.106. The van der Waals surface area contributed by atoms with Gasteiger partial charge in [0.05, 0.1) is 18.1 Å². The van der Waals surface area contributed by atoms with Crippen molar-refractivity contribution in [3.05, 3.63) is 40.8 Å². The minimum Gasteiger partial charge on any atom is -0.340 e. The van der Waals surface area contributed by atoms with Gasteiger partial charge in [0.2, 0.25) is 5.91 Å². The van der Waals surface area contributed by atoms with E-state index in [0.717, 1.165) is 5.39 Å². The average Bonchev–Trinajstić information content (AvgIpc) is 2.87. The summed E-state index contributed by atoms with van der Waals surface area (Å²) in [6.45, 7) is 1.58. The van der Waals surface area contributed by atoms with E-state index in [1.54, 1.807) is 17.2 Å². The molecule has 1 aromatic carbocycles. The Balaban J connectivity index is 1.76. The Kier molecular flexibility index (Phi) is 3.92. The van der Waals surface area contributed by atoms with Crippen LogP contribution in [0.25, 0.3) is 10.8 Å². The van der Waals surface area contributed by atoms with E-state index in [2.05, 4.69) is 5.10 Å². The number of nitrogens with zero attached hydrogens (tertiary/aromatic N) is 3. The number of aromatic nitrogens is 2. The molecule has 0 spiro atoms. The summed E-state index contributed by atoms with van der Waals surface area (Å²) >= 11 is 5.80. The van der Waals surface area contributed by atoms with Gasteiger partial charge in [-0.1, -0.05) is 18.2 Å². The number of fused-ring (bicyclic) bond motifs is 1. The summed E-state index contributed by atoms with van der Waals surface area (Å²) in [5, 5.41) is 5.66. The van der Waals surface area contributed by atoms with Gasteiger partial charge in [-0.15, -0.1) is 11.6 Å². The van der Waals surface area contributed by atoms with Crippen molar-refractivity contribution in [1.82, 2.24) is 14.7 Å². The largest absolute Gasteiger partial charge is 0.340 e. The first-order valence-corrected chi connectivity index (χ1v) is 7.51. The van der Waals surface area contributed by atoms with Gasteiger partial charge in [0.1, 0.15) is 0 Å². The Morgan fingerprint density at radius 2 is 2.05 bits per heavy atom. The van der Waals surface area contributed by atoms with Gasteiger partial charge in [0.25, 0.3) is 5.56 Å². The topological polar surface area (TPSA) is 55.2 Å². The molecule has 0 N–H and O–H groups in total. The van der Waals surface area contributed by atoms with Gasteiger partial charge < -0.3 is 4.90 Å². The first kappa shape index (κ1) is 14.1. The maximum atomic E-state index is 12.3. The molecule has 1 fully saturated rings. The number of benzene rings is 1. The van der Waals surface area contributed by atoms with Gasteiger partial charge in [0, 0.05) is 30.8 Å². The average molecular weight is 306 g/mol. The lowest BCUT2D eigenvalue weighted by Crippen LogP contribution is -2.33. The fraction of sp³-hybridized carbons (Fsp3) is 0.400. The fourth-order valence-corrected chi connectivity index (χ4v) is 2.88. The molecular weight excluding hydrogens is 290 g/mol. The molecular formula is C15H16ClN3O2. The normalized spacial score (nSPS) is 18.6. The molecule has 1 aromatic heterocycles. The number of carbonyl (C=O) groups is 1. The molecule has 6 heteroatoms. The third-order valence-electron chi connectivity index (χ3n) is 3.86. The Labute approximate surface area is 127 Å².